The van der Waals surface area contributed by atoms with Gasteiger partial charge in [0.15, 0.2) is 5.78 Å². The fraction of sp³-hybridized carbons (Fsp3) is 0.545. The Bertz CT molecular complexity index is 327. The number of Topliss-reactive ketones (excluding diaryl/α,β-unsaturated/α-hetero) is 1. The predicted octanol–water partition coefficient (Wildman–Crippen LogP) is 0.926. The summed E-state index contributed by atoms with van der Waals surface area (Å²) in [6.45, 7) is -0.0781. The highest BCUT2D eigenvalue weighted by Gasteiger charge is 2.50. The van der Waals surface area contributed by atoms with E-state index in [2.05, 4.69) is 12.2 Å². The van der Waals surface area contributed by atoms with Gasteiger partial charge in [-0.2, -0.15) is 0 Å². The molecule has 4 atom stereocenters. The van der Waals surface area contributed by atoms with Gasteiger partial charge in [0, 0.05) is 11.5 Å². The number of hydrogen-bond donors (Lipinski definition) is 1. The molecule has 0 aromatic carbocycles. The van der Waals surface area contributed by atoms with Gasteiger partial charge in [-0.1, -0.05) is 18.2 Å². The summed E-state index contributed by atoms with van der Waals surface area (Å²) in [6, 6.07) is 0. The van der Waals surface area contributed by atoms with E-state index in [9.17, 15) is 4.79 Å². The lowest BCUT2D eigenvalue weighted by Gasteiger charge is -2.17. The Balaban J connectivity index is 2.00. The van der Waals surface area contributed by atoms with Crippen molar-refractivity contribution in [3.8, 4) is 0 Å². The normalized spacial score (nSPS) is 45.6. The molecule has 13 heavy (non-hydrogen) atoms. The highest BCUT2D eigenvalue weighted by molar-refractivity contribution is 6.01. The van der Waals surface area contributed by atoms with Gasteiger partial charge in [-0.15, -0.1) is 0 Å². The molecule has 2 bridgehead atoms. The molecule has 0 saturated heterocycles. The van der Waals surface area contributed by atoms with Crippen LogP contribution in [0, 0.1) is 23.7 Å². The molecule has 3 aliphatic carbocycles. The van der Waals surface area contributed by atoms with Crippen LogP contribution in [0.25, 0.3) is 0 Å². The van der Waals surface area contributed by atoms with Crippen LogP contribution in [0.3, 0.4) is 0 Å². The Kier molecular flexibility index (Phi) is 1.34. The minimum absolute atomic E-state index is 0.0781. The molecular weight excluding hydrogens is 164 g/mol. The number of carbonyl (C=O) groups excluding carboxylic acids is 1. The first-order valence-corrected chi connectivity index (χ1v) is 4.85. The Labute approximate surface area is 76.9 Å². The molecule has 0 radical (unpaired) electrons. The first-order valence-electron chi connectivity index (χ1n) is 4.85. The largest absolute Gasteiger partial charge is 0.392 e. The van der Waals surface area contributed by atoms with Gasteiger partial charge in [0.05, 0.1) is 6.61 Å². The maximum absolute atomic E-state index is 11.7. The third-order valence-corrected chi connectivity index (χ3v) is 3.70. The van der Waals surface area contributed by atoms with Crippen LogP contribution in [0.1, 0.15) is 6.42 Å². The van der Waals surface area contributed by atoms with Crippen LogP contribution in [0.2, 0.25) is 0 Å². The molecule has 0 heterocycles. The van der Waals surface area contributed by atoms with Crippen LogP contribution < -0.4 is 0 Å². The summed E-state index contributed by atoms with van der Waals surface area (Å²) in [7, 11) is 0. The number of allylic oxidation sites excluding steroid dienone is 3. The van der Waals surface area contributed by atoms with Crippen LogP contribution in [0.15, 0.2) is 23.8 Å². The average molecular weight is 176 g/mol. The molecule has 2 nitrogen and oxygen atoms in total. The molecule has 0 unspecified atom stereocenters. The van der Waals surface area contributed by atoms with E-state index in [0.29, 0.717) is 23.3 Å². The Morgan fingerprint density at radius 1 is 1.38 bits per heavy atom. The van der Waals surface area contributed by atoms with Crippen LogP contribution in [0.5, 0.6) is 0 Å². The first-order chi connectivity index (χ1) is 6.31. The topological polar surface area (TPSA) is 37.3 Å². The van der Waals surface area contributed by atoms with Gasteiger partial charge < -0.3 is 5.11 Å². The quantitative estimate of drug-likeness (QED) is 0.603. The monoisotopic (exact) mass is 176 g/mol. The number of hydrogen-bond acceptors (Lipinski definition) is 2. The van der Waals surface area contributed by atoms with Gasteiger partial charge >= 0.3 is 0 Å². The van der Waals surface area contributed by atoms with Crippen molar-refractivity contribution >= 4 is 5.78 Å². The number of aliphatic hydroxyl groups excluding tert-OH is 1. The van der Waals surface area contributed by atoms with Crippen molar-refractivity contribution in [2.75, 3.05) is 6.61 Å². The van der Waals surface area contributed by atoms with Crippen molar-refractivity contribution in [3.05, 3.63) is 23.8 Å². The van der Waals surface area contributed by atoms with Gasteiger partial charge in [0.25, 0.3) is 0 Å². The molecular formula is C11H12O2. The van der Waals surface area contributed by atoms with E-state index in [1.54, 1.807) is 0 Å². The van der Waals surface area contributed by atoms with E-state index in [1.165, 1.54) is 0 Å². The van der Waals surface area contributed by atoms with Gasteiger partial charge in [-0.25, -0.2) is 0 Å². The highest BCUT2D eigenvalue weighted by Crippen LogP contribution is 2.52. The average Bonchev–Trinajstić information content (AvgIpc) is 2.76. The highest BCUT2D eigenvalue weighted by atomic mass is 16.3. The van der Waals surface area contributed by atoms with Gasteiger partial charge in [0.1, 0.15) is 0 Å². The molecule has 0 aromatic rings. The van der Waals surface area contributed by atoms with Crippen molar-refractivity contribution in [2.45, 2.75) is 6.42 Å². The lowest BCUT2D eigenvalue weighted by atomic mass is 9.85. The van der Waals surface area contributed by atoms with Crippen molar-refractivity contribution in [3.63, 3.8) is 0 Å². The minimum atomic E-state index is -0.0781. The second-order valence-corrected chi connectivity index (χ2v) is 4.27. The van der Waals surface area contributed by atoms with E-state index in [-0.39, 0.29) is 18.3 Å². The molecule has 1 N–H and O–H groups in total. The van der Waals surface area contributed by atoms with Crippen LogP contribution in [-0.2, 0) is 4.79 Å². The summed E-state index contributed by atoms with van der Waals surface area (Å²) in [5.74, 6) is 1.82. The van der Waals surface area contributed by atoms with Crippen molar-refractivity contribution < 1.29 is 9.90 Å². The van der Waals surface area contributed by atoms with E-state index in [4.69, 9.17) is 5.11 Å². The molecule has 1 fully saturated rings. The zero-order valence-corrected chi connectivity index (χ0v) is 7.31. The molecule has 0 amide bonds. The maximum atomic E-state index is 11.7. The summed E-state index contributed by atoms with van der Waals surface area (Å²) < 4.78 is 0. The second-order valence-electron chi connectivity index (χ2n) is 4.27. The number of carbonyl (C=O) groups is 1. The molecule has 1 saturated carbocycles. The number of rotatable bonds is 1. The Hall–Kier alpha value is -0.890. The molecule has 3 aliphatic rings. The third-order valence-electron chi connectivity index (χ3n) is 3.70. The molecule has 68 valence electrons. The second kappa shape index (κ2) is 2.32. The Morgan fingerprint density at radius 2 is 2.15 bits per heavy atom. The predicted molar refractivity (Wildman–Crippen MR) is 47.9 cm³/mol. The molecule has 0 aromatic heterocycles. The summed E-state index contributed by atoms with van der Waals surface area (Å²) >= 11 is 0. The minimum Gasteiger partial charge on any atom is -0.392 e. The number of aliphatic hydroxyl groups is 1. The van der Waals surface area contributed by atoms with Gasteiger partial charge in [0.2, 0.25) is 0 Å². The van der Waals surface area contributed by atoms with Crippen LogP contribution in [0.4, 0.5) is 0 Å². The maximum Gasteiger partial charge on any atom is 0.165 e. The SMILES string of the molecule is O=C1C(CO)=C[C@@H]2[C@H]1[C@H]1C=C[C@@H]2C1. The van der Waals surface area contributed by atoms with E-state index < -0.39 is 0 Å². The van der Waals surface area contributed by atoms with Crippen molar-refractivity contribution in [1.29, 1.82) is 0 Å². The molecule has 0 spiro atoms. The smallest absolute Gasteiger partial charge is 0.165 e. The van der Waals surface area contributed by atoms with Gasteiger partial charge in [-0.3, -0.25) is 4.79 Å². The lowest BCUT2D eigenvalue weighted by Crippen LogP contribution is -2.21. The molecule has 3 rings (SSSR count). The zero-order chi connectivity index (χ0) is 9.00. The Morgan fingerprint density at radius 3 is 2.85 bits per heavy atom. The summed E-state index contributed by atoms with van der Waals surface area (Å²) in [5.41, 5.74) is 0.647. The zero-order valence-electron chi connectivity index (χ0n) is 7.31. The van der Waals surface area contributed by atoms with E-state index >= 15 is 0 Å². The standard InChI is InChI=1S/C11H12O2/c12-5-8-4-9-6-1-2-7(3-6)10(9)11(8)13/h1-2,4,6-7,9-10,12H,3,5H2/t6-,7+,9+,10-/m1/s1. The van der Waals surface area contributed by atoms with Crippen LogP contribution >= 0.6 is 0 Å². The lowest BCUT2D eigenvalue weighted by molar-refractivity contribution is -0.120. The summed E-state index contributed by atoms with van der Waals surface area (Å²) in [6.07, 6.45) is 7.56. The molecule has 0 aliphatic heterocycles. The van der Waals surface area contributed by atoms with E-state index in [1.807, 2.05) is 6.08 Å². The van der Waals surface area contributed by atoms with Crippen molar-refractivity contribution in [2.24, 2.45) is 23.7 Å². The summed E-state index contributed by atoms with van der Waals surface area (Å²) in [5, 5.41) is 8.98. The number of fused-ring (bicyclic) bond motifs is 5. The van der Waals surface area contributed by atoms with Gasteiger partial charge in [-0.05, 0) is 24.2 Å². The number of ketones is 1. The fourth-order valence-electron chi connectivity index (χ4n) is 3.12. The molecule has 2 heteroatoms. The third kappa shape index (κ3) is 0.792. The van der Waals surface area contributed by atoms with E-state index in [0.717, 1.165) is 6.42 Å². The summed E-state index contributed by atoms with van der Waals surface area (Å²) in [4.78, 5) is 11.7. The van der Waals surface area contributed by atoms with Crippen LogP contribution in [-0.4, -0.2) is 17.5 Å². The fourth-order valence-corrected chi connectivity index (χ4v) is 3.12. The van der Waals surface area contributed by atoms with Crippen molar-refractivity contribution in [1.82, 2.24) is 0 Å². The first kappa shape index (κ1) is 7.51.